The quantitative estimate of drug-likeness (QED) is 0.821. The molecule has 0 bridgehead atoms. The van der Waals surface area contributed by atoms with Gasteiger partial charge in [0.2, 0.25) is 0 Å². The van der Waals surface area contributed by atoms with E-state index in [-0.39, 0.29) is 22.7 Å². The van der Waals surface area contributed by atoms with E-state index in [4.69, 9.17) is 16.3 Å². The van der Waals surface area contributed by atoms with Crippen LogP contribution in [0.25, 0.3) is 0 Å². The minimum Gasteiger partial charge on any atom is -0.490 e. The number of sulfone groups is 1. The largest absolute Gasteiger partial charge is 0.490 e. The summed E-state index contributed by atoms with van der Waals surface area (Å²) in [6.07, 6.45) is 1.86. The molecule has 1 aromatic rings. The summed E-state index contributed by atoms with van der Waals surface area (Å²) >= 11 is 5.84. The molecule has 1 atom stereocenters. The van der Waals surface area contributed by atoms with Crippen LogP contribution in [0, 0.1) is 0 Å². The molecule has 0 amide bonds. The summed E-state index contributed by atoms with van der Waals surface area (Å²) in [6, 6.07) is -0.153. The van der Waals surface area contributed by atoms with Gasteiger partial charge in [-0.15, -0.1) is 0 Å². The first-order valence-electron chi connectivity index (χ1n) is 5.03. The van der Waals surface area contributed by atoms with Crippen LogP contribution >= 0.6 is 11.6 Å². The van der Waals surface area contributed by atoms with E-state index in [0.717, 1.165) is 0 Å². The van der Waals surface area contributed by atoms with Gasteiger partial charge >= 0.3 is 0 Å². The molecule has 0 aliphatic carbocycles. The Bertz CT molecular complexity index is 520. The van der Waals surface area contributed by atoms with Gasteiger partial charge in [-0.3, -0.25) is 0 Å². The number of anilines is 1. The summed E-state index contributed by atoms with van der Waals surface area (Å²) in [6.45, 7) is 0. The summed E-state index contributed by atoms with van der Waals surface area (Å²) in [7, 11) is -1.47. The molecule has 1 N–H and O–H groups in total. The highest BCUT2D eigenvalue weighted by molar-refractivity contribution is 7.91. The Balaban J connectivity index is 2.17. The number of aromatic nitrogens is 2. The van der Waals surface area contributed by atoms with E-state index in [1.807, 2.05) is 0 Å². The Labute approximate surface area is 104 Å². The van der Waals surface area contributed by atoms with E-state index in [9.17, 15) is 8.42 Å². The SMILES string of the molecule is COc1c(Cl)ncnc1NC1CCS(=O)(=O)C1. The Hall–Kier alpha value is -1.08. The molecule has 1 aliphatic rings. The van der Waals surface area contributed by atoms with Crippen LogP contribution in [0.1, 0.15) is 6.42 Å². The van der Waals surface area contributed by atoms with Gasteiger partial charge in [0.25, 0.3) is 0 Å². The van der Waals surface area contributed by atoms with Gasteiger partial charge in [0.05, 0.1) is 18.6 Å². The number of hydrogen-bond acceptors (Lipinski definition) is 6. The van der Waals surface area contributed by atoms with E-state index in [1.165, 1.54) is 13.4 Å². The molecule has 0 radical (unpaired) electrons. The van der Waals surface area contributed by atoms with Gasteiger partial charge in [0, 0.05) is 6.04 Å². The monoisotopic (exact) mass is 277 g/mol. The second-order valence-electron chi connectivity index (χ2n) is 3.79. The first-order valence-corrected chi connectivity index (χ1v) is 7.23. The van der Waals surface area contributed by atoms with Crippen LogP contribution < -0.4 is 10.1 Å². The van der Waals surface area contributed by atoms with Gasteiger partial charge in [-0.2, -0.15) is 0 Å². The van der Waals surface area contributed by atoms with Crippen LogP contribution in [-0.2, 0) is 9.84 Å². The van der Waals surface area contributed by atoms with E-state index in [1.54, 1.807) is 0 Å². The van der Waals surface area contributed by atoms with E-state index < -0.39 is 9.84 Å². The van der Waals surface area contributed by atoms with Crippen molar-refractivity contribution in [2.45, 2.75) is 12.5 Å². The minimum absolute atomic E-state index is 0.109. The summed E-state index contributed by atoms with van der Waals surface area (Å²) in [5.41, 5.74) is 0. The van der Waals surface area contributed by atoms with Crippen molar-refractivity contribution in [1.82, 2.24) is 9.97 Å². The van der Waals surface area contributed by atoms with Gasteiger partial charge in [0.1, 0.15) is 6.33 Å². The molecule has 8 heteroatoms. The lowest BCUT2D eigenvalue weighted by atomic mass is 10.2. The Kier molecular flexibility index (Phi) is 3.39. The molecular weight excluding hydrogens is 266 g/mol. The lowest BCUT2D eigenvalue weighted by molar-refractivity contribution is 0.412. The molecule has 1 unspecified atom stereocenters. The Morgan fingerprint density at radius 1 is 1.53 bits per heavy atom. The van der Waals surface area contributed by atoms with E-state index in [2.05, 4.69) is 15.3 Å². The standard InChI is InChI=1S/C9H12ClN3O3S/c1-16-7-8(10)11-5-12-9(7)13-6-2-3-17(14,15)4-6/h5-6H,2-4H2,1H3,(H,11,12,13). The fourth-order valence-corrected chi connectivity index (χ4v) is 3.62. The van der Waals surface area contributed by atoms with Gasteiger partial charge in [-0.05, 0) is 6.42 Å². The molecule has 0 spiro atoms. The first-order chi connectivity index (χ1) is 8.02. The zero-order valence-corrected chi connectivity index (χ0v) is 10.8. The topological polar surface area (TPSA) is 81.2 Å². The summed E-state index contributed by atoms with van der Waals surface area (Å²) in [5, 5.41) is 3.22. The van der Waals surface area contributed by atoms with Crippen molar-refractivity contribution in [1.29, 1.82) is 0 Å². The van der Waals surface area contributed by atoms with Crippen molar-refractivity contribution in [3.8, 4) is 5.75 Å². The molecule has 2 heterocycles. The molecule has 0 saturated carbocycles. The molecule has 2 rings (SSSR count). The number of rotatable bonds is 3. The lowest BCUT2D eigenvalue weighted by Crippen LogP contribution is -2.21. The van der Waals surface area contributed by atoms with Crippen LogP contribution in [0.3, 0.4) is 0 Å². The van der Waals surface area contributed by atoms with Gasteiger partial charge in [-0.25, -0.2) is 18.4 Å². The van der Waals surface area contributed by atoms with Crippen molar-refractivity contribution in [2.75, 3.05) is 23.9 Å². The maximum atomic E-state index is 11.3. The summed E-state index contributed by atoms with van der Waals surface area (Å²) in [4.78, 5) is 7.78. The Morgan fingerprint density at radius 3 is 2.88 bits per heavy atom. The second-order valence-corrected chi connectivity index (χ2v) is 6.38. The second kappa shape index (κ2) is 4.66. The van der Waals surface area contributed by atoms with Gasteiger partial charge in [0.15, 0.2) is 26.6 Å². The predicted octanol–water partition coefficient (Wildman–Crippen LogP) is 0.738. The molecule has 17 heavy (non-hydrogen) atoms. The van der Waals surface area contributed by atoms with Crippen LogP contribution in [0.15, 0.2) is 6.33 Å². The summed E-state index contributed by atoms with van der Waals surface area (Å²) in [5.74, 6) is 1.07. The van der Waals surface area contributed by atoms with Crippen LogP contribution in [0.4, 0.5) is 5.82 Å². The Morgan fingerprint density at radius 2 is 2.29 bits per heavy atom. The fourth-order valence-electron chi connectivity index (χ4n) is 1.74. The third-order valence-electron chi connectivity index (χ3n) is 2.54. The van der Waals surface area contributed by atoms with E-state index >= 15 is 0 Å². The molecule has 0 aromatic carbocycles. The fraction of sp³-hybridized carbons (Fsp3) is 0.556. The normalized spacial score (nSPS) is 22.4. The molecule has 1 aromatic heterocycles. The molecule has 1 aliphatic heterocycles. The van der Waals surface area contributed by atoms with Crippen molar-refractivity contribution in [3.63, 3.8) is 0 Å². The zero-order valence-electron chi connectivity index (χ0n) is 9.18. The number of nitrogens with one attached hydrogen (secondary N) is 1. The summed E-state index contributed by atoms with van der Waals surface area (Å²) < 4.78 is 27.7. The van der Waals surface area contributed by atoms with Crippen molar-refractivity contribution >= 4 is 27.3 Å². The predicted molar refractivity (Wildman–Crippen MR) is 64.3 cm³/mol. The third-order valence-corrected chi connectivity index (χ3v) is 4.57. The molecular formula is C9H12ClN3O3S. The van der Waals surface area contributed by atoms with Crippen LogP contribution in [-0.4, -0.2) is 43.0 Å². The maximum Gasteiger partial charge on any atom is 0.198 e. The highest BCUT2D eigenvalue weighted by atomic mass is 35.5. The maximum absolute atomic E-state index is 11.3. The number of ether oxygens (including phenoxy) is 1. The highest BCUT2D eigenvalue weighted by Gasteiger charge is 2.28. The van der Waals surface area contributed by atoms with Gasteiger partial charge in [-0.1, -0.05) is 11.6 Å². The number of hydrogen-bond donors (Lipinski definition) is 1. The number of methoxy groups -OCH3 is 1. The highest BCUT2D eigenvalue weighted by Crippen LogP contribution is 2.29. The average molecular weight is 278 g/mol. The molecule has 6 nitrogen and oxygen atoms in total. The number of nitrogens with zero attached hydrogens (tertiary/aromatic N) is 2. The van der Waals surface area contributed by atoms with Crippen LogP contribution in [0.2, 0.25) is 5.15 Å². The average Bonchev–Trinajstić information content (AvgIpc) is 2.58. The zero-order chi connectivity index (χ0) is 12.5. The molecule has 1 saturated heterocycles. The van der Waals surface area contributed by atoms with Crippen molar-refractivity contribution in [3.05, 3.63) is 11.5 Å². The smallest absolute Gasteiger partial charge is 0.198 e. The minimum atomic E-state index is -2.92. The van der Waals surface area contributed by atoms with Crippen LogP contribution in [0.5, 0.6) is 5.75 Å². The van der Waals surface area contributed by atoms with Crippen molar-refractivity contribution in [2.24, 2.45) is 0 Å². The molecule has 94 valence electrons. The van der Waals surface area contributed by atoms with Gasteiger partial charge < -0.3 is 10.1 Å². The lowest BCUT2D eigenvalue weighted by Gasteiger charge is -2.14. The number of halogens is 1. The van der Waals surface area contributed by atoms with E-state index in [0.29, 0.717) is 18.0 Å². The first kappa shape index (κ1) is 12.4. The third kappa shape index (κ3) is 2.78. The molecule has 1 fully saturated rings. The van der Waals surface area contributed by atoms with Crippen molar-refractivity contribution < 1.29 is 13.2 Å².